The number of nitrogens with one attached hydrogen (secondary N) is 2. The third kappa shape index (κ3) is 5.69. The maximum Gasteiger partial charge on any atom is 0.405 e. The molecule has 0 radical (unpaired) electrons. The number of hydrogen-bond donors (Lipinski definition) is 2. The van der Waals surface area contributed by atoms with Crippen LogP contribution >= 0.6 is 0 Å². The van der Waals surface area contributed by atoms with Crippen LogP contribution in [0.2, 0.25) is 0 Å². The summed E-state index contributed by atoms with van der Waals surface area (Å²) in [5.74, 6) is 0.407. The molecular formula is C23H26F3N7O2. The second-order valence-corrected chi connectivity index (χ2v) is 8.70. The number of anilines is 2. The average molecular weight is 490 g/mol. The van der Waals surface area contributed by atoms with Crippen LogP contribution in [0.3, 0.4) is 0 Å². The maximum absolute atomic E-state index is 12.9. The van der Waals surface area contributed by atoms with E-state index in [9.17, 15) is 22.8 Å². The van der Waals surface area contributed by atoms with Crippen LogP contribution in [-0.4, -0.2) is 76.6 Å². The summed E-state index contributed by atoms with van der Waals surface area (Å²) in [4.78, 5) is 41.9. The predicted octanol–water partition coefficient (Wildman–Crippen LogP) is 2.09. The molecule has 0 spiro atoms. The highest BCUT2D eigenvalue weighted by Gasteiger charge is 2.37. The van der Waals surface area contributed by atoms with Gasteiger partial charge in [-0.3, -0.25) is 9.59 Å². The molecule has 2 aliphatic rings. The minimum atomic E-state index is -4.55. The lowest BCUT2D eigenvalue weighted by molar-refractivity contribution is -0.140. The standard InChI is InChI=1S/C23H26F3N7O2/c1-14(2)10-19(34)32-8-9-33(17(12-32)22(35)30-13-23(24,25)26)18-5-7-28-21(31-18)16-11-29-20-15(16)4-3-6-27-20/h3-7,10,16-17H,8-9,11-13H2,1-2H3,(H,27,29)(H,30,35)/t16?,17-/m1/s1. The largest absolute Gasteiger partial charge is 0.405 e. The van der Waals surface area contributed by atoms with E-state index in [1.165, 1.54) is 11.0 Å². The first-order valence-electron chi connectivity index (χ1n) is 11.2. The van der Waals surface area contributed by atoms with E-state index in [1.807, 2.05) is 17.4 Å². The molecule has 2 aromatic rings. The molecule has 35 heavy (non-hydrogen) atoms. The van der Waals surface area contributed by atoms with Gasteiger partial charge in [-0.2, -0.15) is 13.2 Å². The molecule has 2 aliphatic heterocycles. The van der Waals surface area contributed by atoms with Crippen molar-refractivity contribution < 1.29 is 22.8 Å². The van der Waals surface area contributed by atoms with Crippen molar-refractivity contribution in [2.45, 2.75) is 32.0 Å². The van der Waals surface area contributed by atoms with Gasteiger partial charge in [-0.1, -0.05) is 11.6 Å². The van der Waals surface area contributed by atoms with Gasteiger partial charge >= 0.3 is 6.18 Å². The van der Waals surface area contributed by atoms with Crippen molar-refractivity contribution in [3.63, 3.8) is 0 Å². The number of hydrogen-bond acceptors (Lipinski definition) is 7. The molecule has 0 bridgehead atoms. The maximum atomic E-state index is 12.9. The van der Waals surface area contributed by atoms with Crippen LogP contribution in [-0.2, 0) is 9.59 Å². The highest BCUT2D eigenvalue weighted by Crippen LogP contribution is 2.33. The van der Waals surface area contributed by atoms with Gasteiger partial charge in [-0.05, 0) is 26.0 Å². The third-order valence-electron chi connectivity index (χ3n) is 5.82. The quantitative estimate of drug-likeness (QED) is 0.620. The molecule has 1 fully saturated rings. The predicted molar refractivity (Wildman–Crippen MR) is 123 cm³/mol. The van der Waals surface area contributed by atoms with Crippen molar-refractivity contribution in [1.82, 2.24) is 25.2 Å². The van der Waals surface area contributed by atoms with Crippen molar-refractivity contribution in [3.8, 4) is 0 Å². The first-order chi connectivity index (χ1) is 16.6. The van der Waals surface area contributed by atoms with Gasteiger partial charge in [0.25, 0.3) is 0 Å². The summed E-state index contributed by atoms with van der Waals surface area (Å²) in [6, 6.07) is 4.34. The number of rotatable bonds is 5. The van der Waals surface area contributed by atoms with Crippen molar-refractivity contribution in [3.05, 3.63) is 53.6 Å². The van der Waals surface area contributed by atoms with Crippen LogP contribution in [0.15, 0.2) is 42.2 Å². The summed E-state index contributed by atoms with van der Waals surface area (Å²) >= 11 is 0. The van der Waals surface area contributed by atoms with Gasteiger partial charge in [0, 0.05) is 43.7 Å². The van der Waals surface area contributed by atoms with E-state index in [0.717, 1.165) is 17.0 Å². The molecular weight excluding hydrogens is 463 g/mol. The average Bonchev–Trinajstić information content (AvgIpc) is 3.25. The molecule has 2 atom stereocenters. The second kappa shape index (κ2) is 9.88. The molecule has 4 rings (SSSR count). The number of nitrogens with zero attached hydrogens (tertiary/aromatic N) is 5. The van der Waals surface area contributed by atoms with Crippen molar-refractivity contribution in [2.75, 3.05) is 42.9 Å². The molecule has 1 unspecified atom stereocenters. The summed E-state index contributed by atoms with van der Waals surface area (Å²) < 4.78 is 38.3. The van der Waals surface area contributed by atoms with E-state index < -0.39 is 24.7 Å². The number of fused-ring (bicyclic) bond motifs is 1. The number of carbonyl (C=O) groups is 2. The van der Waals surface area contributed by atoms with Crippen LogP contribution < -0.4 is 15.5 Å². The van der Waals surface area contributed by atoms with Crippen LogP contribution in [0.1, 0.15) is 31.2 Å². The van der Waals surface area contributed by atoms with Crippen molar-refractivity contribution >= 4 is 23.5 Å². The van der Waals surface area contributed by atoms with E-state index in [0.29, 0.717) is 24.7 Å². The fraction of sp³-hybridized carbons (Fsp3) is 0.435. The summed E-state index contributed by atoms with van der Waals surface area (Å²) in [5, 5.41) is 5.17. The number of piperazine rings is 1. The lowest BCUT2D eigenvalue weighted by atomic mass is 10.0. The number of aromatic nitrogens is 3. The highest BCUT2D eigenvalue weighted by atomic mass is 19.4. The number of amides is 2. The Morgan fingerprint density at radius 1 is 1.20 bits per heavy atom. The molecule has 0 aliphatic carbocycles. The lowest BCUT2D eigenvalue weighted by Gasteiger charge is -2.41. The summed E-state index contributed by atoms with van der Waals surface area (Å²) in [6.45, 7) is 3.10. The zero-order chi connectivity index (χ0) is 25.2. The Kier molecular flexibility index (Phi) is 6.90. The summed E-state index contributed by atoms with van der Waals surface area (Å²) in [6.07, 6.45) is 0.149. The van der Waals surface area contributed by atoms with Crippen LogP contribution in [0.4, 0.5) is 24.8 Å². The Bertz CT molecular complexity index is 1130. The number of carbonyl (C=O) groups excluding carboxylic acids is 2. The van der Waals surface area contributed by atoms with Crippen LogP contribution in [0, 0.1) is 0 Å². The lowest BCUT2D eigenvalue weighted by Crippen LogP contribution is -2.61. The molecule has 0 aromatic carbocycles. The molecule has 186 valence electrons. The Hall–Kier alpha value is -3.70. The number of allylic oxidation sites excluding steroid dienone is 1. The minimum absolute atomic E-state index is 0.0661. The molecule has 2 N–H and O–H groups in total. The van der Waals surface area contributed by atoms with E-state index in [2.05, 4.69) is 20.3 Å². The second-order valence-electron chi connectivity index (χ2n) is 8.70. The Balaban J connectivity index is 1.60. The van der Waals surface area contributed by atoms with Crippen molar-refractivity contribution in [2.24, 2.45) is 0 Å². The fourth-order valence-electron chi connectivity index (χ4n) is 4.20. The normalized spacial score (nSPS) is 19.6. The van der Waals surface area contributed by atoms with Crippen LogP contribution in [0.25, 0.3) is 0 Å². The highest BCUT2D eigenvalue weighted by molar-refractivity contribution is 5.91. The smallest absolute Gasteiger partial charge is 0.369 e. The van der Waals surface area contributed by atoms with Crippen LogP contribution in [0.5, 0.6) is 0 Å². The van der Waals surface area contributed by atoms with Gasteiger partial charge < -0.3 is 20.4 Å². The Morgan fingerprint density at radius 2 is 2.00 bits per heavy atom. The SMILES string of the molecule is CC(C)=CC(=O)N1CCN(c2ccnc(C3CNc4ncccc43)n2)[C@@H](C(=O)NCC(F)(F)F)C1. The van der Waals surface area contributed by atoms with E-state index in [-0.39, 0.29) is 24.9 Å². The molecule has 0 saturated carbocycles. The van der Waals surface area contributed by atoms with Gasteiger partial charge in [0.15, 0.2) is 0 Å². The monoisotopic (exact) mass is 489 g/mol. The van der Waals surface area contributed by atoms with Crippen molar-refractivity contribution in [1.29, 1.82) is 0 Å². The molecule has 4 heterocycles. The Labute approximate surface area is 200 Å². The van der Waals surface area contributed by atoms with E-state index in [1.54, 1.807) is 37.2 Å². The Morgan fingerprint density at radius 3 is 2.74 bits per heavy atom. The summed E-state index contributed by atoms with van der Waals surface area (Å²) in [5.41, 5.74) is 1.73. The topological polar surface area (TPSA) is 103 Å². The van der Waals surface area contributed by atoms with E-state index >= 15 is 0 Å². The number of alkyl halides is 3. The zero-order valence-electron chi connectivity index (χ0n) is 19.3. The van der Waals surface area contributed by atoms with Gasteiger partial charge in [0.1, 0.15) is 30.0 Å². The number of halogens is 3. The van der Waals surface area contributed by atoms with Gasteiger partial charge in [0.2, 0.25) is 11.8 Å². The molecule has 2 amide bonds. The molecule has 1 saturated heterocycles. The van der Waals surface area contributed by atoms with Gasteiger partial charge in [-0.25, -0.2) is 15.0 Å². The summed E-state index contributed by atoms with van der Waals surface area (Å²) in [7, 11) is 0. The zero-order valence-corrected chi connectivity index (χ0v) is 19.3. The first kappa shape index (κ1) is 24.4. The number of pyridine rings is 1. The molecule has 9 nitrogen and oxygen atoms in total. The third-order valence-corrected chi connectivity index (χ3v) is 5.82. The molecule has 12 heteroatoms. The van der Waals surface area contributed by atoms with Gasteiger partial charge in [0.05, 0.1) is 12.5 Å². The first-order valence-corrected chi connectivity index (χ1v) is 11.2. The van der Waals surface area contributed by atoms with Gasteiger partial charge in [-0.15, -0.1) is 0 Å². The minimum Gasteiger partial charge on any atom is -0.369 e. The molecule has 2 aromatic heterocycles. The van der Waals surface area contributed by atoms with E-state index in [4.69, 9.17) is 0 Å². The fourth-order valence-corrected chi connectivity index (χ4v) is 4.20.